The summed E-state index contributed by atoms with van der Waals surface area (Å²) in [6, 6.07) is 13.7. The Morgan fingerprint density at radius 3 is 2.76 bits per heavy atom. The van der Waals surface area contributed by atoms with Gasteiger partial charge in [-0.05, 0) is 67.2 Å². The highest BCUT2D eigenvalue weighted by Crippen LogP contribution is 2.34. The maximum Gasteiger partial charge on any atom is 0.328 e. The second kappa shape index (κ2) is 8.35. The van der Waals surface area contributed by atoms with E-state index >= 15 is 0 Å². The first-order valence-electron chi connectivity index (χ1n) is 9.82. The van der Waals surface area contributed by atoms with Gasteiger partial charge >= 0.3 is 5.97 Å². The fourth-order valence-corrected chi connectivity index (χ4v) is 3.78. The lowest BCUT2D eigenvalue weighted by atomic mass is 10.0. The molecule has 4 rings (SSSR count). The molecule has 5 nitrogen and oxygen atoms in total. The molecule has 0 bridgehead atoms. The zero-order valence-electron chi connectivity index (χ0n) is 16.4. The molecular formula is C24H23NO4. The Morgan fingerprint density at radius 1 is 1.17 bits per heavy atom. The molecule has 29 heavy (non-hydrogen) atoms. The summed E-state index contributed by atoms with van der Waals surface area (Å²) in [6.07, 6.45) is 6.49. The SMILES string of the molecule is Cc1oc(-c2ccccc2)nc1CCOc1ccc(C=CC(=O)O)c2c1CCC2. The first-order chi connectivity index (χ1) is 14.1. The van der Waals surface area contributed by atoms with E-state index in [1.807, 2.05) is 49.4 Å². The molecule has 0 fully saturated rings. The predicted octanol–water partition coefficient (Wildman–Crippen LogP) is 4.86. The van der Waals surface area contributed by atoms with Gasteiger partial charge in [0.25, 0.3) is 0 Å². The van der Waals surface area contributed by atoms with E-state index in [1.54, 1.807) is 6.08 Å². The largest absolute Gasteiger partial charge is 0.493 e. The quantitative estimate of drug-likeness (QED) is 0.584. The monoisotopic (exact) mass is 389 g/mol. The van der Waals surface area contributed by atoms with Crippen molar-refractivity contribution in [1.29, 1.82) is 0 Å². The molecular weight excluding hydrogens is 366 g/mol. The van der Waals surface area contributed by atoms with Gasteiger partial charge in [-0.1, -0.05) is 24.3 Å². The fraction of sp³-hybridized carbons (Fsp3) is 0.250. The third-order valence-electron chi connectivity index (χ3n) is 5.19. The highest BCUT2D eigenvalue weighted by Gasteiger charge is 2.19. The normalized spacial score (nSPS) is 13.0. The average molecular weight is 389 g/mol. The second-order valence-electron chi connectivity index (χ2n) is 7.12. The van der Waals surface area contributed by atoms with Crippen LogP contribution < -0.4 is 4.74 Å². The van der Waals surface area contributed by atoms with Gasteiger partial charge < -0.3 is 14.3 Å². The van der Waals surface area contributed by atoms with E-state index < -0.39 is 5.97 Å². The summed E-state index contributed by atoms with van der Waals surface area (Å²) in [5, 5.41) is 8.87. The number of hydrogen-bond acceptors (Lipinski definition) is 4. The number of hydrogen-bond donors (Lipinski definition) is 1. The smallest absolute Gasteiger partial charge is 0.328 e. The number of ether oxygens (including phenoxy) is 1. The molecule has 148 valence electrons. The number of carboxylic acids is 1. The molecule has 1 aromatic heterocycles. The van der Waals surface area contributed by atoms with E-state index in [4.69, 9.17) is 14.3 Å². The van der Waals surface area contributed by atoms with Crippen molar-refractivity contribution in [3.05, 3.63) is 76.7 Å². The van der Waals surface area contributed by atoms with E-state index in [-0.39, 0.29) is 0 Å². The second-order valence-corrected chi connectivity index (χ2v) is 7.12. The van der Waals surface area contributed by atoms with Crippen LogP contribution in [-0.4, -0.2) is 22.7 Å². The Bertz CT molecular complexity index is 1050. The third-order valence-corrected chi connectivity index (χ3v) is 5.19. The number of carbonyl (C=O) groups is 1. The molecule has 0 atom stereocenters. The molecule has 0 spiro atoms. The number of nitrogens with zero attached hydrogens (tertiary/aromatic N) is 1. The van der Waals surface area contributed by atoms with Gasteiger partial charge in [-0.25, -0.2) is 9.78 Å². The van der Waals surface area contributed by atoms with Crippen LogP contribution in [0.1, 0.15) is 34.6 Å². The van der Waals surface area contributed by atoms with Gasteiger partial charge in [-0.3, -0.25) is 0 Å². The van der Waals surface area contributed by atoms with E-state index in [2.05, 4.69) is 4.98 Å². The van der Waals surface area contributed by atoms with Crippen molar-refractivity contribution in [2.24, 2.45) is 0 Å². The van der Waals surface area contributed by atoms with Gasteiger partial charge in [0.1, 0.15) is 11.5 Å². The lowest BCUT2D eigenvalue weighted by molar-refractivity contribution is -0.131. The molecule has 0 radical (unpaired) electrons. The highest BCUT2D eigenvalue weighted by molar-refractivity contribution is 5.85. The predicted molar refractivity (Wildman–Crippen MR) is 111 cm³/mol. The van der Waals surface area contributed by atoms with Gasteiger partial charge in [-0.15, -0.1) is 0 Å². The molecule has 1 heterocycles. The maximum absolute atomic E-state index is 10.8. The molecule has 0 aliphatic heterocycles. The zero-order valence-corrected chi connectivity index (χ0v) is 16.4. The maximum atomic E-state index is 10.8. The van der Waals surface area contributed by atoms with Gasteiger partial charge in [-0.2, -0.15) is 0 Å². The third kappa shape index (κ3) is 4.24. The van der Waals surface area contributed by atoms with Crippen molar-refractivity contribution >= 4 is 12.0 Å². The highest BCUT2D eigenvalue weighted by atomic mass is 16.5. The van der Waals surface area contributed by atoms with Crippen molar-refractivity contribution in [2.45, 2.75) is 32.6 Å². The van der Waals surface area contributed by atoms with Crippen LogP contribution in [0.15, 0.2) is 53.0 Å². The Kier molecular flexibility index (Phi) is 5.47. The Morgan fingerprint density at radius 2 is 1.97 bits per heavy atom. The van der Waals surface area contributed by atoms with Crippen molar-refractivity contribution in [3.8, 4) is 17.2 Å². The summed E-state index contributed by atoms with van der Waals surface area (Å²) < 4.78 is 11.9. The molecule has 0 saturated heterocycles. The molecule has 1 aliphatic rings. The minimum Gasteiger partial charge on any atom is -0.493 e. The Labute approximate surface area is 169 Å². The van der Waals surface area contributed by atoms with Crippen molar-refractivity contribution in [3.63, 3.8) is 0 Å². The molecule has 0 amide bonds. The number of benzene rings is 2. The van der Waals surface area contributed by atoms with Gasteiger partial charge in [0.05, 0.1) is 12.3 Å². The molecule has 2 aromatic carbocycles. The summed E-state index contributed by atoms with van der Waals surface area (Å²) in [5.74, 6) is 1.39. The molecule has 5 heteroatoms. The lowest BCUT2D eigenvalue weighted by Crippen LogP contribution is -2.05. The fourth-order valence-electron chi connectivity index (χ4n) is 3.78. The molecule has 1 aliphatic carbocycles. The summed E-state index contributed by atoms with van der Waals surface area (Å²) >= 11 is 0. The summed E-state index contributed by atoms with van der Waals surface area (Å²) in [6.45, 7) is 2.44. The first-order valence-corrected chi connectivity index (χ1v) is 9.82. The van der Waals surface area contributed by atoms with Crippen LogP contribution in [0.5, 0.6) is 5.75 Å². The zero-order chi connectivity index (χ0) is 20.2. The van der Waals surface area contributed by atoms with Gasteiger partial charge in [0, 0.05) is 18.1 Å². The summed E-state index contributed by atoms with van der Waals surface area (Å²) in [5.41, 5.74) is 5.22. The lowest BCUT2D eigenvalue weighted by Gasteiger charge is -2.12. The van der Waals surface area contributed by atoms with Crippen LogP contribution in [0.3, 0.4) is 0 Å². The number of fused-ring (bicyclic) bond motifs is 1. The number of aromatic nitrogens is 1. The number of rotatable bonds is 7. The molecule has 0 saturated carbocycles. The molecule has 0 unspecified atom stereocenters. The summed E-state index contributed by atoms with van der Waals surface area (Å²) in [7, 11) is 0. The van der Waals surface area contributed by atoms with Crippen LogP contribution in [0.2, 0.25) is 0 Å². The van der Waals surface area contributed by atoms with E-state index in [9.17, 15) is 4.79 Å². The van der Waals surface area contributed by atoms with E-state index in [0.29, 0.717) is 18.9 Å². The number of aryl methyl sites for hydroxylation is 1. The standard InChI is InChI=1S/C24H23NO4/c1-16-21(25-24(29-16)18-6-3-2-4-7-18)14-15-28-22-12-10-17(11-13-23(26)27)19-8-5-9-20(19)22/h2-4,6-7,10-13H,5,8-9,14-15H2,1H3,(H,26,27). The molecule has 3 aromatic rings. The van der Waals surface area contributed by atoms with Gasteiger partial charge in [0.2, 0.25) is 5.89 Å². The summed E-state index contributed by atoms with van der Waals surface area (Å²) in [4.78, 5) is 15.4. The minimum absolute atomic E-state index is 0.512. The van der Waals surface area contributed by atoms with Crippen LogP contribution in [-0.2, 0) is 24.1 Å². The van der Waals surface area contributed by atoms with Crippen LogP contribution in [0, 0.1) is 6.92 Å². The van der Waals surface area contributed by atoms with Crippen LogP contribution in [0.25, 0.3) is 17.5 Å². The number of aliphatic carboxylic acids is 1. The van der Waals surface area contributed by atoms with Crippen molar-refractivity contribution < 1.29 is 19.1 Å². The first kappa shape index (κ1) is 19.0. The number of oxazole rings is 1. The number of carboxylic acid groups (broad SMARTS) is 1. The average Bonchev–Trinajstić information content (AvgIpc) is 3.35. The van der Waals surface area contributed by atoms with Gasteiger partial charge in [0.15, 0.2) is 0 Å². The molecule has 1 N–H and O–H groups in total. The van der Waals surface area contributed by atoms with Crippen LogP contribution >= 0.6 is 0 Å². The Balaban J connectivity index is 1.45. The van der Waals surface area contributed by atoms with Crippen molar-refractivity contribution in [1.82, 2.24) is 4.98 Å². The van der Waals surface area contributed by atoms with E-state index in [0.717, 1.165) is 47.6 Å². The van der Waals surface area contributed by atoms with E-state index in [1.165, 1.54) is 17.2 Å². The topological polar surface area (TPSA) is 72.6 Å². The Hall–Kier alpha value is -3.34. The minimum atomic E-state index is -0.935. The van der Waals surface area contributed by atoms with Crippen LogP contribution in [0.4, 0.5) is 0 Å². The van der Waals surface area contributed by atoms with Crippen molar-refractivity contribution in [2.75, 3.05) is 6.61 Å².